The summed E-state index contributed by atoms with van der Waals surface area (Å²) in [6, 6.07) is 4.30. The van der Waals surface area contributed by atoms with Crippen LogP contribution in [0.2, 0.25) is 0 Å². The Bertz CT molecular complexity index is 616. The van der Waals surface area contributed by atoms with Gasteiger partial charge in [-0.15, -0.1) is 0 Å². The number of benzene rings is 1. The van der Waals surface area contributed by atoms with Crippen molar-refractivity contribution in [3.8, 4) is 0 Å². The van der Waals surface area contributed by atoms with Crippen molar-refractivity contribution < 1.29 is 10.2 Å². The Labute approximate surface area is 133 Å². The lowest BCUT2D eigenvalue weighted by Crippen LogP contribution is -2.60. The molecule has 4 atom stereocenters. The second-order valence-corrected chi connectivity index (χ2v) is 8.10. The summed E-state index contributed by atoms with van der Waals surface area (Å²) in [7, 11) is 0. The van der Waals surface area contributed by atoms with Crippen molar-refractivity contribution in [2.45, 2.75) is 64.6 Å². The van der Waals surface area contributed by atoms with Crippen LogP contribution in [0.3, 0.4) is 0 Å². The second-order valence-electron chi connectivity index (χ2n) is 8.10. The van der Waals surface area contributed by atoms with Gasteiger partial charge < -0.3 is 10.2 Å². The molecule has 1 saturated carbocycles. The van der Waals surface area contributed by atoms with Crippen LogP contribution in [0.5, 0.6) is 0 Å². The van der Waals surface area contributed by atoms with Gasteiger partial charge in [-0.25, -0.2) is 0 Å². The van der Waals surface area contributed by atoms with Crippen LogP contribution in [0.4, 0.5) is 0 Å². The fraction of sp³-hybridized carbons (Fsp3) is 0.600. The maximum Gasteiger partial charge on any atom is 0.0638 e. The average molecular weight is 300 g/mol. The van der Waals surface area contributed by atoms with E-state index in [4.69, 9.17) is 0 Å². The van der Waals surface area contributed by atoms with Crippen molar-refractivity contribution in [2.24, 2.45) is 11.3 Å². The molecule has 120 valence electrons. The van der Waals surface area contributed by atoms with Gasteiger partial charge in [0.15, 0.2) is 0 Å². The highest BCUT2D eigenvalue weighted by atomic mass is 16.3. The Morgan fingerprint density at radius 3 is 2.55 bits per heavy atom. The van der Waals surface area contributed by atoms with Crippen molar-refractivity contribution in [3.63, 3.8) is 0 Å². The number of hydrogen-bond acceptors (Lipinski definition) is 2. The number of rotatable bonds is 1. The molecular weight excluding hydrogens is 272 g/mol. The van der Waals surface area contributed by atoms with Crippen LogP contribution in [-0.2, 0) is 11.8 Å². The maximum atomic E-state index is 10.9. The van der Waals surface area contributed by atoms with E-state index in [0.717, 1.165) is 18.4 Å². The van der Waals surface area contributed by atoms with E-state index in [1.54, 1.807) is 0 Å². The zero-order chi connectivity index (χ0) is 16.3. The van der Waals surface area contributed by atoms with Gasteiger partial charge in [0, 0.05) is 11.3 Å². The van der Waals surface area contributed by atoms with Crippen LogP contribution in [0.1, 0.15) is 55.9 Å². The molecule has 2 aliphatic rings. The standard InChI is InChI=1S/C20H28O2/c1-6-13-12(2)7-8-15-14(13)11-16(21)18-19(3,4)10-9-17(22)20(15,18)5/h6-8,16-18,21-22H,1,9-11H2,2-5H3. The Kier molecular flexibility index (Phi) is 3.54. The summed E-state index contributed by atoms with van der Waals surface area (Å²) in [5.74, 6) is 0.0802. The van der Waals surface area contributed by atoms with Gasteiger partial charge in [0.1, 0.15) is 0 Å². The number of aliphatic hydroxyl groups is 2. The molecule has 0 aromatic heterocycles. The lowest BCUT2D eigenvalue weighted by Gasteiger charge is -2.58. The third-order valence-electron chi connectivity index (χ3n) is 6.40. The van der Waals surface area contributed by atoms with E-state index >= 15 is 0 Å². The minimum absolute atomic E-state index is 0.0321. The van der Waals surface area contributed by atoms with Gasteiger partial charge in [0.25, 0.3) is 0 Å². The molecule has 0 saturated heterocycles. The molecule has 1 aromatic rings. The molecule has 0 heterocycles. The molecule has 0 aliphatic heterocycles. The monoisotopic (exact) mass is 300 g/mol. The highest BCUT2D eigenvalue weighted by molar-refractivity contribution is 5.61. The van der Waals surface area contributed by atoms with Crippen molar-refractivity contribution in [1.29, 1.82) is 0 Å². The first-order valence-corrected chi connectivity index (χ1v) is 8.35. The van der Waals surface area contributed by atoms with Crippen LogP contribution < -0.4 is 0 Å². The van der Waals surface area contributed by atoms with Gasteiger partial charge in [-0.2, -0.15) is 0 Å². The predicted octanol–water partition coefficient (Wildman–Crippen LogP) is 3.61. The van der Waals surface area contributed by atoms with Crippen LogP contribution in [0.25, 0.3) is 6.08 Å². The maximum absolute atomic E-state index is 10.9. The highest BCUT2D eigenvalue weighted by Gasteiger charge is 2.57. The smallest absolute Gasteiger partial charge is 0.0638 e. The van der Waals surface area contributed by atoms with E-state index in [2.05, 4.69) is 46.4 Å². The van der Waals surface area contributed by atoms with Crippen LogP contribution in [-0.4, -0.2) is 22.4 Å². The summed E-state index contributed by atoms with van der Waals surface area (Å²) in [6.45, 7) is 12.7. The molecule has 0 radical (unpaired) electrons. The Hall–Kier alpha value is -1.12. The van der Waals surface area contributed by atoms with E-state index in [1.165, 1.54) is 16.7 Å². The van der Waals surface area contributed by atoms with E-state index in [9.17, 15) is 10.2 Å². The zero-order valence-electron chi connectivity index (χ0n) is 14.2. The summed E-state index contributed by atoms with van der Waals surface area (Å²) in [4.78, 5) is 0. The lowest BCUT2D eigenvalue weighted by molar-refractivity contribution is -0.110. The number of fused-ring (bicyclic) bond motifs is 3. The van der Waals surface area contributed by atoms with Crippen molar-refractivity contribution >= 4 is 6.08 Å². The van der Waals surface area contributed by atoms with Gasteiger partial charge in [-0.3, -0.25) is 0 Å². The molecule has 2 N–H and O–H groups in total. The van der Waals surface area contributed by atoms with Crippen molar-refractivity contribution in [1.82, 2.24) is 0 Å². The zero-order valence-corrected chi connectivity index (χ0v) is 14.2. The summed E-state index contributed by atoms with van der Waals surface area (Å²) in [6.07, 6.45) is 3.49. The first kappa shape index (κ1) is 15.8. The van der Waals surface area contributed by atoms with Gasteiger partial charge in [0.2, 0.25) is 0 Å². The summed E-state index contributed by atoms with van der Waals surface area (Å²) in [5.41, 5.74) is 4.35. The molecule has 1 fully saturated rings. The average Bonchev–Trinajstić information content (AvgIpc) is 2.43. The molecule has 0 amide bonds. The first-order valence-electron chi connectivity index (χ1n) is 8.35. The molecule has 0 bridgehead atoms. The fourth-order valence-electron chi connectivity index (χ4n) is 5.37. The van der Waals surface area contributed by atoms with E-state index in [-0.39, 0.29) is 16.7 Å². The Morgan fingerprint density at radius 2 is 1.91 bits per heavy atom. The van der Waals surface area contributed by atoms with Crippen molar-refractivity contribution in [2.75, 3.05) is 0 Å². The predicted molar refractivity (Wildman–Crippen MR) is 90.8 cm³/mol. The molecular formula is C20H28O2. The Morgan fingerprint density at radius 1 is 1.23 bits per heavy atom. The molecule has 2 nitrogen and oxygen atoms in total. The number of hydrogen-bond donors (Lipinski definition) is 2. The molecule has 2 aliphatic carbocycles. The SMILES string of the molecule is C=Cc1c(C)ccc2c1CC(O)C1C(C)(C)CCC(O)C21C. The quantitative estimate of drug-likeness (QED) is 0.832. The van der Waals surface area contributed by atoms with E-state index in [0.29, 0.717) is 6.42 Å². The first-order chi connectivity index (χ1) is 10.2. The topological polar surface area (TPSA) is 40.5 Å². The van der Waals surface area contributed by atoms with Gasteiger partial charge in [-0.05, 0) is 53.9 Å². The molecule has 1 aromatic carbocycles. The van der Waals surface area contributed by atoms with Crippen molar-refractivity contribution in [3.05, 3.63) is 41.0 Å². The minimum atomic E-state index is -0.414. The molecule has 22 heavy (non-hydrogen) atoms. The fourth-order valence-corrected chi connectivity index (χ4v) is 5.37. The third-order valence-corrected chi connectivity index (χ3v) is 6.40. The molecule has 3 rings (SSSR count). The van der Waals surface area contributed by atoms with E-state index in [1.807, 2.05) is 6.08 Å². The lowest BCUT2D eigenvalue weighted by atomic mass is 9.48. The van der Waals surface area contributed by atoms with Crippen LogP contribution in [0, 0.1) is 18.3 Å². The molecule has 4 unspecified atom stereocenters. The molecule has 0 spiro atoms. The van der Waals surface area contributed by atoms with Gasteiger partial charge >= 0.3 is 0 Å². The van der Waals surface area contributed by atoms with Crippen LogP contribution in [0.15, 0.2) is 18.7 Å². The van der Waals surface area contributed by atoms with Gasteiger partial charge in [-0.1, -0.05) is 45.6 Å². The summed E-state index contributed by atoms with van der Waals surface area (Å²) < 4.78 is 0. The highest BCUT2D eigenvalue weighted by Crippen LogP contribution is 2.57. The molecule has 2 heteroatoms. The summed E-state index contributed by atoms with van der Waals surface area (Å²) in [5, 5.41) is 21.8. The normalized spacial score (nSPS) is 36.4. The van der Waals surface area contributed by atoms with E-state index < -0.39 is 12.2 Å². The second kappa shape index (κ2) is 4.94. The van der Waals surface area contributed by atoms with Gasteiger partial charge in [0.05, 0.1) is 12.2 Å². The largest absolute Gasteiger partial charge is 0.392 e. The van der Waals surface area contributed by atoms with Crippen LogP contribution >= 0.6 is 0 Å². The minimum Gasteiger partial charge on any atom is -0.392 e. The Balaban J connectivity index is 2.28. The number of aryl methyl sites for hydroxylation is 1. The summed E-state index contributed by atoms with van der Waals surface area (Å²) >= 11 is 0. The number of aliphatic hydroxyl groups excluding tert-OH is 2. The third kappa shape index (κ3) is 1.93.